The third-order valence-corrected chi connectivity index (χ3v) is 5.40. The van der Waals surface area contributed by atoms with Crippen LogP contribution < -0.4 is 5.32 Å². The first kappa shape index (κ1) is 16.3. The fourth-order valence-corrected chi connectivity index (χ4v) is 4.13. The summed E-state index contributed by atoms with van der Waals surface area (Å²) >= 11 is 0. The van der Waals surface area contributed by atoms with Crippen LogP contribution in [-0.2, 0) is 14.8 Å². The van der Waals surface area contributed by atoms with Gasteiger partial charge in [0.05, 0.1) is 18.3 Å². The summed E-state index contributed by atoms with van der Waals surface area (Å²) in [7, 11) is -2.07. The van der Waals surface area contributed by atoms with Crippen LogP contribution in [0.2, 0.25) is 0 Å². The van der Waals surface area contributed by atoms with Crippen LogP contribution in [0, 0.1) is 0 Å². The van der Waals surface area contributed by atoms with E-state index in [1.54, 1.807) is 37.5 Å². The lowest BCUT2D eigenvalue weighted by atomic mass is 10.2. The summed E-state index contributed by atoms with van der Waals surface area (Å²) in [4.78, 5) is 14.0. The molecule has 0 aliphatic carbocycles. The van der Waals surface area contributed by atoms with Gasteiger partial charge in [0.15, 0.2) is 5.84 Å². The number of nitrogens with zero attached hydrogens (tertiary/aromatic N) is 3. The van der Waals surface area contributed by atoms with Crippen molar-refractivity contribution in [2.45, 2.75) is 4.90 Å². The Morgan fingerprint density at radius 1 is 1.23 bits per heavy atom. The number of aromatic nitrogens is 2. The van der Waals surface area contributed by atoms with E-state index >= 15 is 0 Å². The number of rotatable bonds is 3. The van der Waals surface area contributed by atoms with E-state index in [1.807, 2.05) is 12.1 Å². The Morgan fingerprint density at radius 3 is 2.88 bits per heavy atom. The first-order chi connectivity index (χ1) is 12.4. The van der Waals surface area contributed by atoms with Crippen molar-refractivity contribution in [1.29, 1.82) is 0 Å². The Labute approximate surface area is 149 Å². The first-order valence-electron chi connectivity index (χ1n) is 7.82. The van der Waals surface area contributed by atoms with Gasteiger partial charge in [-0.1, -0.05) is 12.1 Å². The minimum atomic E-state index is -3.71. The minimum Gasteiger partial charge on any atom is -0.349 e. The third kappa shape index (κ3) is 2.82. The number of fused-ring (bicyclic) bond motifs is 2. The summed E-state index contributed by atoms with van der Waals surface area (Å²) < 4.78 is 28.0. The number of aromatic amines is 1. The molecular weight excluding hydrogens is 354 g/mol. The highest BCUT2D eigenvalue weighted by molar-refractivity contribution is 7.90. The molecule has 0 saturated carbocycles. The molecule has 2 aromatic carbocycles. The van der Waals surface area contributed by atoms with Crippen LogP contribution in [0.25, 0.3) is 10.9 Å². The van der Waals surface area contributed by atoms with Crippen LogP contribution in [-0.4, -0.2) is 48.9 Å². The zero-order chi connectivity index (χ0) is 18.3. The normalized spacial score (nSPS) is 14.7. The summed E-state index contributed by atoms with van der Waals surface area (Å²) in [5, 5.41) is 10.5. The molecule has 1 aromatic heterocycles. The number of carbonyl (C=O) groups is 1. The van der Waals surface area contributed by atoms with Gasteiger partial charge in [-0.05, 0) is 30.3 Å². The minimum absolute atomic E-state index is 0.0356. The first-order valence-corrected chi connectivity index (χ1v) is 9.26. The lowest BCUT2D eigenvalue weighted by molar-refractivity contribution is -0.116. The number of hydrogen-bond donors (Lipinski definition) is 2. The molecule has 0 radical (unpaired) electrons. The van der Waals surface area contributed by atoms with Crippen molar-refractivity contribution in [3.8, 4) is 0 Å². The summed E-state index contributed by atoms with van der Waals surface area (Å²) in [5.74, 6) is -0.0131. The SMILES string of the molecule is CN(CC(=O)Nc1ccc2[nH]ncc2c1)C1=NS(=O)(=O)c2ccccc21. The van der Waals surface area contributed by atoms with Gasteiger partial charge in [0.25, 0.3) is 10.0 Å². The second-order valence-corrected chi connectivity index (χ2v) is 7.53. The van der Waals surface area contributed by atoms with Crippen LogP contribution in [0.5, 0.6) is 0 Å². The molecule has 1 amide bonds. The van der Waals surface area contributed by atoms with Crippen molar-refractivity contribution in [3.63, 3.8) is 0 Å². The molecular formula is C17H15N5O3S. The molecule has 0 unspecified atom stereocenters. The molecule has 2 heterocycles. The molecule has 4 rings (SSSR count). The highest BCUT2D eigenvalue weighted by atomic mass is 32.2. The maximum atomic E-state index is 12.3. The molecule has 8 nitrogen and oxygen atoms in total. The number of benzene rings is 2. The number of amidine groups is 1. The van der Waals surface area contributed by atoms with Gasteiger partial charge in [-0.2, -0.15) is 13.5 Å². The maximum absolute atomic E-state index is 12.3. The monoisotopic (exact) mass is 369 g/mol. The molecule has 0 bridgehead atoms. The summed E-state index contributed by atoms with van der Waals surface area (Å²) in [6.07, 6.45) is 1.67. The van der Waals surface area contributed by atoms with Gasteiger partial charge in [-0.3, -0.25) is 9.89 Å². The molecule has 3 aromatic rings. The van der Waals surface area contributed by atoms with Crippen LogP contribution in [0.1, 0.15) is 5.56 Å². The van der Waals surface area contributed by atoms with Crippen LogP contribution in [0.15, 0.2) is 58.0 Å². The number of H-pyrrole nitrogens is 1. The van der Waals surface area contributed by atoms with Gasteiger partial charge in [0.2, 0.25) is 5.91 Å². The molecule has 1 aliphatic rings. The van der Waals surface area contributed by atoms with Gasteiger partial charge < -0.3 is 10.2 Å². The molecule has 0 atom stereocenters. The number of hydrogen-bond acceptors (Lipinski definition) is 5. The number of carbonyl (C=O) groups excluding carboxylic acids is 1. The Kier molecular flexibility index (Phi) is 3.73. The largest absolute Gasteiger partial charge is 0.349 e. The summed E-state index contributed by atoms with van der Waals surface area (Å²) in [6.45, 7) is -0.0356. The van der Waals surface area contributed by atoms with Crippen LogP contribution in [0.4, 0.5) is 5.69 Å². The van der Waals surface area contributed by atoms with Gasteiger partial charge in [-0.15, -0.1) is 4.40 Å². The van der Waals surface area contributed by atoms with E-state index in [0.29, 0.717) is 11.3 Å². The fraction of sp³-hybridized carbons (Fsp3) is 0.118. The van der Waals surface area contributed by atoms with Gasteiger partial charge >= 0.3 is 0 Å². The second kappa shape index (κ2) is 5.95. The molecule has 0 saturated heterocycles. The van der Waals surface area contributed by atoms with E-state index in [9.17, 15) is 13.2 Å². The third-order valence-electron chi connectivity index (χ3n) is 4.08. The number of sulfonamides is 1. The zero-order valence-corrected chi connectivity index (χ0v) is 14.6. The van der Waals surface area contributed by atoms with E-state index in [1.165, 1.54) is 11.0 Å². The lowest BCUT2D eigenvalue weighted by Gasteiger charge is -2.18. The average molecular weight is 369 g/mol. The zero-order valence-electron chi connectivity index (χ0n) is 13.8. The predicted molar refractivity (Wildman–Crippen MR) is 97.5 cm³/mol. The highest BCUT2D eigenvalue weighted by Gasteiger charge is 2.30. The second-order valence-electron chi connectivity index (χ2n) is 5.96. The Morgan fingerprint density at radius 2 is 2.04 bits per heavy atom. The summed E-state index contributed by atoms with van der Waals surface area (Å²) in [5.41, 5.74) is 2.02. The van der Waals surface area contributed by atoms with E-state index in [2.05, 4.69) is 19.9 Å². The van der Waals surface area contributed by atoms with Crippen molar-refractivity contribution in [1.82, 2.24) is 15.1 Å². The van der Waals surface area contributed by atoms with Crippen molar-refractivity contribution in [3.05, 3.63) is 54.2 Å². The number of anilines is 1. The molecule has 0 fully saturated rings. The fourth-order valence-electron chi connectivity index (χ4n) is 2.88. The van der Waals surface area contributed by atoms with Crippen LogP contribution >= 0.6 is 0 Å². The number of amides is 1. The molecule has 1 aliphatic heterocycles. The Balaban J connectivity index is 1.51. The molecule has 26 heavy (non-hydrogen) atoms. The number of nitrogens with one attached hydrogen (secondary N) is 2. The topological polar surface area (TPSA) is 108 Å². The van der Waals surface area contributed by atoms with Gasteiger partial charge in [-0.25, -0.2) is 0 Å². The molecule has 132 valence electrons. The lowest BCUT2D eigenvalue weighted by Crippen LogP contribution is -2.34. The van der Waals surface area contributed by atoms with E-state index in [-0.39, 0.29) is 23.2 Å². The van der Waals surface area contributed by atoms with E-state index < -0.39 is 10.0 Å². The van der Waals surface area contributed by atoms with E-state index in [0.717, 1.165) is 10.9 Å². The van der Waals surface area contributed by atoms with Gasteiger partial charge in [0, 0.05) is 23.7 Å². The van der Waals surface area contributed by atoms with Crippen molar-refractivity contribution < 1.29 is 13.2 Å². The molecule has 2 N–H and O–H groups in total. The summed E-state index contributed by atoms with van der Waals surface area (Å²) in [6, 6.07) is 12.0. The maximum Gasteiger partial charge on any atom is 0.285 e. The van der Waals surface area contributed by atoms with Crippen LogP contribution in [0.3, 0.4) is 0 Å². The number of likely N-dealkylation sites (N-methyl/N-ethyl adjacent to an activating group) is 1. The standard InChI is InChI=1S/C17H15N5O3S/c1-22(17-13-4-2-3-5-15(13)26(24,25)21-17)10-16(23)19-12-6-7-14-11(8-12)9-18-20-14/h2-9H,10H2,1H3,(H,18,20)(H,19,23). The molecule has 9 heteroatoms. The van der Waals surface area contributed by atoms with Crippen molar-refractivity contribution >= 4 is 38.4 Å². The predicted octanol–water partition coefficient (Wildman–Crippen LogP) is 1.58. The van der Waals surface area contributed by atoms with Gasteiger partial charge in [0.1, 0.15) is 4.90 Å². The van der Waals surface area contributed by atoms with Crippen molar-refractivity contribution in [2.75, 3.05) is 18.9 Å². The van der Waals surface area contributed by atoms with E-state index in [4.69, 9.17) is 0 Å². The Hall–Kier alpha value is -3.20. The van der Waals surface area contributed by atoms with Crippen molar-refractivity contribution in [2.24, 2.45) is 4.40 Å². The average Bonchev–Trinajstić information content (AvgIpc) is 3.17. The quantitative estimate of drug-likeness (QED) is 0.729. The highest BCUT2D eigenvalue weighted by Crippen LogP contribution is 2.26. The molecule has 0 spiro atoms. The smallest absolute Gasteiger partial charge is 0.285 e. The Bertz CT molecular complexity index is 1150.